The van der Waals surface area contributed by atoms with Crippen molar-refractivity contribution in [3.8, 4) is 0 Å². The van der Waals surface area contributed by atoms with Gasteiger partial charge in [0.1, 0.15) is 0 Å². The molecular formula is C13H26F3N5O. The maximum absolute atomic E-state index is 12.1. The van der Waals surface area contributed by atoms with Crippen molar-refractivity contribution in [2.24, 2.45) is 10.7 Å². The molecule has 0 atom stereocenters. The summed E-state index contributed by atoms with van der Waals surface area (Å²) < 4.78 is 41.7. The molecule has 0 aliphatic carbocycles. The van der Waals surface area contributed by atoms with Crippen LogP contribution >= 0.6 is 0 Å². The number of guanidine groups is 1. The topological polar surface area (TPSA) is 66.1 Å². The van der Waals surface area contributed by atoms with Crippen LogP contribution in [0.5, 0.6) is 0 Å². The van der Waals surface area contributed by atoms with Crippen molar-refractivity contribution in [1.82, 2.24) is 15.1 Å². The minimum Gasteiger partial charge on any atom is -0.379 e. The zero-order valence-electron chi connectivity index (χ0n) is 13.0. The van der Waals surface area contributed by atoms with Gasteiger partial charge in [-0.15, -0.1) is 0 Å². The van der Waals surface area contributed by atoms with E-state index in [4.69, 9.17) is 10.5 Å². The highest BCUT2D eigenvalue weighted by Crippen LogP contribution is 2.14. The number of nitrogens with zero attached hydrogens (tertiary/aromatic N) is 3. The van der Waals surface area contributed by atoms with Crippen LogP contribution in [0.2, 0.25) is 0 Å². The number of hydrogen-bond acceptors (Lipinski definition) is 4. The lowest BCUT2D eigenvalue weighted by Crippen LogP contribution is -2.40. The molecule has 3 N–H and O–H groups in total. The predicted octanol–water partition coefficient (Wildman–Crippen LogP) is 0.107. The van der Waals surface area contributed by atoms with Crippen LogP contribution in [0.15, 0.2) is 4.99 Å². The largest absolute Gasteiger partial charge is 0.401 e. The molecule has 1 aliphatic heterocycles. The van der Waals surface area contributed by atoms with Gasteiger partial charge < -0.3 is 15.8 Å². The molecular weight excluding hydrogens is 299 g/mol. The first-order valence-corrected chi connectivity index (χ1v) is 7.46. The van der Waals surface area contributed by atoms with Gasteiger partial charge in [0, 0.05) is 39.3 Å². The monoisotopic (exact) mass is 325 g/mol. The summed E-state index contributed by atoms with van der Waals surface area (Å²) in [6.45, 7) is 4.67. The number of nitrogens with one attached hydrogen (secondary N) is 1. The molecule has 0 radical (unpaired) electrons. The van der Waals surface area contributed by atoms with Crippen LogP contribution in [0.1, 0.15) is 6.42 Å². The summed E-state index contributed by atoms with van der Waals surface area (Å²) in [6, 6.07) is 0. The molecule has 0 aromatic carbocycles. The molecule has 0 bridgehead atoms. The zero-order valence-corrected chi connectivity index (χ0v) is 13.0. The van der Waals surface area contributed by atoms with Gasteiger partial charge in [0.25, 0.3) is 0 Å². The lowest BCUT2D eigenvalue weighted by molar-refractivity contribution is -0.142. The average molecular weight is 325 g/mol. The lowest BCUT2D eigenvalue weighted by Gasteiger charge is -2.26. The van der Waals surface area contributed by atoms with Crippen molar-refractivity contribution in [2.45, 2.75) is 12.6 Å². The molecule has 1 aliphatic rings. The van der Waals surface area contributed by atoms with Gasteiger partial charge >= 0.3 is 6.18 Å². The van der Waals surface area contributed by atoms with Crippen LogP contribution in [-0.4, -0.2) is 88.0 Å². The van der Waals surface area contributed by atoms with E-state index in [1.54, 1.807) is 0 Å². The standard InChI is InChI=1S/C13H26F3N5O/c1-20(11-13(14,15)16)6-4-19-12(17)18-3-2-5-21-7-9-22-10-8-21/h2-11H2,1H3,(H3,17,18,19). The molecule has 0 spiro atoms. The number of likely N-dealkylation sites (N-methyl/N-ethyl adjacent to an activating group) is 1. The first-order chi connectivity index (χ1) is 10.4. The third-order valence-electron chi connectivity index (χ3n) is 3.27. The van der Waals surface area contributed by atoms with Crippen LogP contribution in [0.25, 0.3) is 0 Å². The van der Waals surface area contributed by atoms with Gasteiger partial charge in [0.15, 0.2) is 5.96 Å². The number of aliphatic imine (C=N–C) groups is 1. The van der Waals surface area contributed by atoms with Crippen molar-refractivity contribution in [3.05, 3.63) is 0 Å². The van der Waals surface area contributed by atoms with Crippen LogP contribution < -0.4 is 11.1 Å². The van der Waals surface area contributed by atoms with E-state index < -0.39 is 12.7 Å². The van der Waals surface area contributed by atoms with Crippen molar-refractivity contribution in [3.63, 3.8) is 0 Å². The fraction of sp³-hybridized carbons (Fsp3) is 0.923. The molecule has 1 heterocycles. The Balaban J connectivity index is 2.05. The number of alkyl halides is 3. The normalized spacial score (nSPS) is 18.0. The van der Waals surface area contributed by atoms with Crippen molar-refractivity contribution < 1.29 is 17.9 Å². The highest BCUT2D eigenvalue weighted by atomic mass is 19.4. The van der Waals surface area contributed by atoms with Gasteiger partial charge in [-0.1, -0.05) is 0 Å². The molecule has 1 fully saturated rings. The maximum Gasteiger partial charge on any atom is 0.401 e. The van der Waals surface area contributed by atoms with Gasteiger partial charge in [-0.2, -0.15) is 13.2 Å². The quantitative estimate of drug-likeness (QED) is 0.377. The minimum atomic E-state index is -4.17. The Morgan fingerprint density at radius 2 is 2.05 bits per heavy atom. The van der Waals surface area contributed by atoms with Crippen molar-refractivity contribution in [2.75, 3.05) is 66.1 Å². The second-order valence-corrected chi connectivity index (χ2v) is 5.35. The Morgan fingerprint density at radius 1 is 1.36 bits per heavy atom. The number of nitrogens with two attached hydrogens (primary N) is 1. The van der Waals surface area contributed by atoms with E-state index >= 15 is 0 Å². The Kier molecular flexibility index (Phi) is 8.51. The molecule has 0 amide bonds. The molecule has 1 saturated heterocycles. The summed E-state index contributed by atoms with van der Waals surface area (Å²) in [4.78, 5) is 7.67. The molecule has 6 nitrogen and oxygen atoms in total. The van der Waals surface area contributed by atoms with Crippen molar-refractivity contribution in [1.29, 1.82) is 0 Å². The van der Waals surface area contributed by atoms with E-state index in [0.717, 1.165) is 39.3 Å². The Hall–Kier alpha value is -1.06. The highest BCUT2D eigenvalue weighted by molar-refractivity contribution is 5.77. The fourth-order valence-corrected chi connectivity index (χ4v) is 2.13. The van der Waals surface area contributed by atoms with E-state index in [0.29, 0.717) is 13.1 Å². The van der Waals surface area contributed by atoms with Gasteiger partial charge in [-0.25, -0.2) is 0 Å². The third kappa shape index (κ3) is 9.80. The van der Waals surface area contributed by atoms with Crippen LogP contribution in [0, 0.1) is 0 Å². The number of hydrogen-bond donors (Lipinski definition) is 2. The van der Waals surface area contributed by atoms with Crippen LogP contribution in [-0.2, 0) is 4.74 Å². The van der Waals surface area contributed by atoms with Crippen LogP contribution in [0.3, 0.4) is 0 Å². The molecule has 22 heavy (non-hydrogen) atoms. The van der Waals surface area contributed by atoms with Gasteiger partial charge in [-0.3, -0.25) is 14.8 Å². The molecule has 130 valence electrons. The van der Waals surface area contributed by atoms with E-state index in [-0.39, 0.29) is 12.5 Å². The summed E-state index contributed by atoms with van der Waals surface area (Å²) in [5.74, 6) is 0.280. The van der Waals surface area contributed by atoms with Gasteiger partial charge in [0.05, 0.1) is 19.8 Å². The van der Waals surface area contributed by atoms with Gasteiger partial charge in [-0.05, 0) is 13.5 Å². The van der Waals surface area contributed by atoms with Gasteiger partial charge in [0.2, 0.25) is 0 Å². The van der Waals surface area contributed by atoms with E-state index in [1.807, 2.05) is 0 Å². The Labute approximate surface area is 129 Å². The van der Waals surface area contributed by atoms with Crippen LogP contribution in [0.4, 0.5) is 13.2 Å². The second kappa shape index (κ2) is 9.86. The first kappa shape index (κ1) is 19.0. The Morgan fingerprint density at radius 3 is 2.68 bits per heavy atom. The smallest absolute Gasteiger partial charge is 0.379 e. The molecule has 0 saturated carbocycles. The predicted molar refractivity (Wildman–Crippen MR) is 79.9 cm³/mol. The maximum atomic E-state index is 12.1. The summed E-state index contributed by atoms with van der Waals surface area (Å²) in [7, 11) is 1.42. The summed E-state index contributed by atoms with van der Waals surface area (Å²) in [5.41, 5.74) is 5.67. The molecule has 0 aromatic rings. The SMILES string of the molecule is CN(CCNC(N)=NCCCN1CCOCC1)CC(F)(F)F. The number of halogens is 3. The lowest BCUT2D eigenvalue weighted by atomic mass is 10.3. The fourth-order valence-electron chi connectivity index (χ4n) is 2.13. The molecule has 9 heteroatoms. The number of ether oxygens (including phenoxy) is 1. The minimum absolute atomic E-state index is 0.253. The Bertz CT molecular complexity index is 332. The van der Waals surface area contributed by atoms with Crippen molar-refractivity contribution >= 4 is 5.96 Å². The third-order valence-corrected chi connectivity index (χ3v) is 3.27. The highest BCUT2D eigenvalue weighted by Gasteiger charge is 2.28. The average Bonchev–Trinajstić information content (AvgIpc) is 2.43. The van der Waals surface area contributed by atoms with E-state index in [1.165, 1.54) is 11.9 Å². The molecule has 0 aromatic heterocycles. The molecule has 1 rings (SSSR count). The summed E-state index contributed by atoms with van der Waals surface area (Å²) >= 11 is 0. The second-order valence-electron chi connectivity index (χ2n) is 5.35. The number of rotatable bonds is 8. The number of morpholine rings is 1. The van der Waals surface area contributed by atoms with E-state index in [2.05, 4.69) is 15.2 Å². The molecule has 0 unspecified atom stereocenters. The van der Waals surface area contributed by atoms with E-state index in [9.17, 15) is 13.2 Å². The summed E-state index contributed by atoms with van der Waals surface area (Å²) in [6.07, 6.45) is -3.27. The summed E-state index contributed by atoms with van der Waals surface area (Å²) in [5, 5.41) is 2.82. The first-order valence-electron chi connectivity index (χ1n) is 7.46. The zero-order chi connectivity index (χ0) is 16.4.